The first-order valence-corrected chi connectivity index (χ1v) is 9.36. The molecule has 1 heterocycles. The molecule has 1 fully saturated rings. The first-order chi connectivity index (χ1) is 12.9. The van der Waals surface area contributed by atoms with Crippen LogP contribution in [0.15, 0.2) is 28.7 Å². The number of nitrogens with one attached hydrogen (secondary N) is 1. The molecule has 1 saturated heterocycles. The van der Waals surface area contributed by atoms with Gasteiger partial charge in [0.1, 0.15) is 0 Å². The zero-order valence-electron chi connectivity index (χ0n) is 15.1. The summed E-state index contributed by atoms with van der Waals surface area (Å²) in [4.78, 5) is 50.3. The molecule has 0 aromatic heterocycles. The standard InChI is InChI=1S/C18H21BrN2O6/c1-3-26-17(24)15(18(25)27-4-2)20-16(23)11-9-14(22)21(10-11)13-7-5-12(19)6-8-13/h5-8,11,15H,3-4,9-10H2,1-2H3,(H,20,23). The number of carbonyl (C=O) groups excluding carboxylic acids is 4. The number of anilines is 1. The molecule has 9 heteroatoms. The number of nitrogens with zero attached hydrogens (tertiary/aromatic N) is 1. The van der Waals surface area contributed by atoms with Gasteiger partial charge in [0.15, 0.2) is 0 Å². The van der Waals surface area contributed by atoms with E-state index in [9.17, 15) is 19.2 Å². The van der Waals surface area contributed by atoms with Crippen LogP contribution in [0.1, 0.15) is 20.3 Å². The van der Waals surface area contributed by atoms with E-state index in [4.69, 9.17) is 9.47 Å². The third kappa shape index (κ3) is 5.29. The van der Waals surface area contributed by atoms with Crippen molar-refractivity contribution in [1.82, 2.24) is 5.32 Å². The van der Waals surface area contributed by atoms with Crippen LogP contribution in [0.4, 0.5) is 5.69 Å². The Morgan fingerprint density at radius 1 is 1.15 bits per heavy atom. The van der Waals surface area contributed by atoms with E-state index in [-0.39, 0.29) is 32.1 Å². The SMILES string of the molecule is CCOC(=O)C(NC(=O)C1CC(=O)N(c2ccc(Br)cc2)C1)C(=O)OCC. The molecule has 146 valence electrons. The van der Waals surface area contributed by atoms with E-state index >= 15 is 0 Å². The molecule has 2 rings (SSSR count). The second kappa shape index (κ2) is 9.50. The summed E-state index contributed by atoms with van der Waals surface area (Å²) in [5.41, 5.74) is 0.672. The number of hydrogen-bond acceptors (Lipinski definition) is 6. The molecule has 8 nitrogen and oxygen atoms in total. The van der Waals surface area contributed by atoms with Crippen molar-refractivity contribution in [2.24, 2.45) is 5.92 Å². The van der Waals surface area contributed by atoms with E-state index in [0.717, 1.165) is 4.47 Å². The maximum atomic E-state index is 12.5. The fraction of sp³-hybridized carbons (Fsp3) is 0.444. The Labute approximate surface area is 165 Å². The van der Waals surface area contributed by atoms with Crippen molar-refractivity contribution in [2.75, 3.05) is 24.7 Å². The Kier molecular flexibility index (Phi) is 7.35. The normalized spacial score (nSPS) is 16.4. The summed E-state index contributed by atoms with van der Waals surface area (Å²) in [6.45, 7) is 3.46. The highest BCUT2D eigenvalue weighted by Crippen LogP contribution is 2.26. The number of hydrogen-bond donors (Lipinski definition) is 1. The van der Waals surface area contributed by atoms with Gasteiger partial charge in [-0.05, 0) is 38.1 Å². The van der Waals surface area contributed by atoms with Crippen LogP contribution < -0.4 is 10.2 Å². The zero-order valence-corrected chi connectivity index (χ0v) is 16.7. The molecule has 1 aliphatic heterocycles. The van der Waals surface area contributed by atoms with Crippen LogP contribution in [-0.4, -0.2) is 49.6 Å². The van der Waals surface area contributed by atoms with Gasteiger partial charge in [-0.2, -0.15) is 0 Å². The number of amides is 2. The summed E-state index contributed by atoms with van der Waals surface area (Å²) in [5.74, 6) is -3.25. The molecule has 27 heavy (non-hydrogen) atoms. The summed E-state index contributed by atoms with van der Waals surface area (Å²) in [7, 11) is 0. The molecule has 1 aliphatic rings. The molecule has 2 amide bonds. The number of ether oxygens (including phenoxy) is 2. The van der Waals surface area contributed by atoms with Gasteiger partial charge in [0.05, 0.1) is 19.1 Å². The Hall–Kier alpha value is -2.42. The highest BCUT2D eigenvalue weighted by molar-refractivity contribution is 9.10. The van der Waals surface area contributed by atoms with Crippen molar-refractivity contribution in [3.63, 3.8) is 0 Å². The molecule has 1 N–H and O–H groups in total. The minimum absolute atomic E-state index is 0.0136. The van der Waals surface area contributed by atoms with Crippen molar-refractivity contribution in [2.45, 2.75) is 26.3 Å². The molecule has 0 radical (unpaired) electrons. The van der Waals surface area contributed by atoms with Gasteiger partial charge in [-0.3, -0.25) is 9.59 Å². The Balaban J connectivity index is 2.07. The molecule has 0 spiro atoms. The highest BCUT2D eigenvalue weighted by Gasteiger charge is 2.39. The first kappa shape index (κ1) is 20.9. The highest BCUT2D eigenvalue weighted by atomic mass is 79.9. The van der Waals surface area contributed by atoms with Crippen LogP contribution in [0.3, 0.4) is 0 Å². The van der Waals surface area contributed by atoms with Crippen LogP contribution in [0.5, 0.6) is 0 Å². The zero-order chi connectivity index (χ0) is 20.0. The molecular weight excluding hydrogens is 420 g/mol. The summed E-state index contributed by atoms with van der Waals surface area (Å²) in [6.07, 6.45) is -0.0136. The predicted molar refractivity (Wildman–Crippen MR) is 99.8 cm³/mol. The van der Waals surface area contributed by atoms with E-state index in [1.807, 2.05) is 0 Å². The first-order valence-electron chi connectivity index (χ1n) is 8.56. The van der Waals surface area contributed by atoms with E-state index in [1.54, 1.807) is 38.1 Å². The smallest absolute Gasteiger partial charge is 0.340 e. The van der Waals surface area contributed by atoms with Gasteiger partial charge >= 0.3 is 11.9 Å². The third-order valence-electron chi connectivity index (χ3n) is 3.97. The summed E-state index contributed by atoms with van der Waals surface area (Å²) in [5, 5.41) is 2.36. The molecule has 1 atom stereocenters. The van der Waals surface area contributed by atoms with Crippen molar-refractivity contribution in [3.05, 3.63) is 28.7 Å². The summed E-state index contributed by atoms with van der Waals surface area (Å²) >= 11 is 3.33. The largest absolute Gasteiger partial charge is 0.464 e. The van der Waals surface area contributed by atoms with E-state index in [0.29, 0.717) is 5.69 Å². The van der Waals surface area contributed by atoms with E-state index in [2.05, 4.69) is 21.2 Å². The number of carbonyl (C=O) groups is 4. The quantitative estimate of drug-likeness (QED) is 0.507. The minimum atomic E-state index is -1.55. The maximum Gasteiger partial charge on any atom is 0.340 e. The molecule has 1 unspecified atom stereocenters. The molecule has 1 aromatic carbocycles. The average Bonchev–Trinajstić information content (AvgIpc) is 3.02. The van der Waals surface area contributed by atoms with Crippen LogP contribution in [-0.2, 0) is 28.7 Å². The molecule has 0 saturated carbocycles. The van der Waals surface area contributed by atoms with Gasteiger partial charge in [-0.25, -0.2) is 9.59 Å². The van der Waals surface area contributed by atoms with Crippen LogP contribution >= 0.6 is 15.9 Å². The fourth-order valence-corrected chi connectivity index (χ4v) is 2.94. The average molecular weight is 441 g/mol. The predicted octanol–water partition coefficient (Wildman–Crippen LogP) is 1.41. The number of benzene rings is 1. The lowest BCUT2D eigenvalue weighted by Crippen LogP contribution is -2.50. The summed E-state index contributed by atoms with van der Waals surface area (Å²) in [6, 6.07) is 5.58. The van der Waals surface area contributed by atoms with Crippen LogP contribution in [0.2, 0.25) is 0 Å². The number of rotatable bonds is 7. The fourth-order valence-electron chi connectivity index (χ4n) is 2.68. The van der Waals surface area contributed by atoms with E-state index < -0.39 is 29.8 Å². The Morgan fingerprint density at radius 2 is 1.70 bits per heavy atom. The number of esters is 2. The van der Waals surface area contributed by atoms with Gasteiger partial charge in [0.2, 0.25) is 17.9 Å². The summed E-state index contributed by atoms with van der Waals surface area (Å²) < 4.78 is 10.5. The second-order valence-electron chi connectivity index (χ2n) is 5.83. The van der Waals surface area contributed by atoms with Crippen molar-refractivity contribution in [3.8, 4) is 0 Å². The van der Waals surface area contributed by atoms with Crippen molar-refractivity contribution in [1.29, 1.82) is 0 Å². The lowest BCUT2D eigenvalue weighted by atomic mass is 10.1. The molecule has 1 aromatic rings. The van der Waals surface area contributed by atoms with Crippen LogP contribution in [0.25, 0.3) is 0 Å². The van der Waals surface area contributed by atoms with Crippen molar-refractivity contribution >= 4 is 45.4 Å². The minimum Gasteiger partial charge on any atom is -0.464 e. The van der Waals surface area contributed by atoms with Crippen LogP contribution in [0, 0.1) is 5.92 Å². The topological polar surface area (TPSA) is 102 Å². The third-order valence-corrected chi connectivity index (χ3v) is 4.49. The van der Waals surface area contributed by atoms with Crippen molar-refractivity contribution < 1.29 is 28.7 Å². The number of halogens is 1. The lowest BCUT2D eigenvalue weighted by molar-refractivity contribution is -0.159. The molecule has 0 bridgehead atoms. The van der Waals surface area contributed by atoms with Gasteiger partial charge in [-0.15, -0.1) is 0 Å². The monoisotopic (exact) mass is 440 g/mol. The van der Waals surface area contributed by atoms with E-state index in [1.165, 1.54) is 4.90 Å². The van der Waals surface area contributed by atoms with Gasteiger partial charge in [0, 0.05) is 23.1 Å². The Bertz CT molecular complexity index is 703. The van der Waals surface area contributed by atoms with Gasteiger partial charge in [-0.1, -0.05) is 15.9 Å². The molecular formula is C18H21BrN2O6. The second-order valence-corrected chi connectivity index (χ2v) is 6.74. The Morgan fingerprint density at radius 3 is 2.22 bits per heavy atom. The van der Waals surface area contributed by atoms with Gasteiger partial charge in [0.25, 0.3) is 0 Å². The lowest BCUT2D eigenvalue weighted by Gasteiger charge is -2.19. The maximum absolute atomic E-state index is 12.5. The van der Waals surface area contributed by atoms with Gasteiger partial charge < -0.3 is 19.7 Å². The molecule has 0 aliphatic carbocycles.